The molecule has 0 saturated heterocycles. The highest BCUT2D eigenvalue weighted by molar-refractivity contribution is 7.17. The van der Waals surface area contributed by atoms with Gasteiger partial charge in [-0.1, -0.05) is 30.3 Å². The summed E-state index contributed by atoms with van der Waals surface area (Å²) in [6, 6.07) is 15.5. The Morgan fingerprint density at radius 3 is 3.05 bits per heavy atom. The van der Waals surface area contributed by atoms with Crippen LogP contribution in [0.4, 0.5) is 0 Å². The fourth-order valence-corrected chi connectivity index (χ4v) is 4.08. The molecule has 1 unspecified atom stereocenters. The second-order valence-corrected chi connectivity index (χ2v) is 6.29. The van der Waals surface area contributed by atoms with E-state index in [-0.39, 0.29) is 6.04 Å². The second-order valence-electron chi connectivity index (χ2n) is 5.37. The van der Waals surface area contributed by atoms with Crippen LogP contribution in [0.25, 0.3) is 10.1 Å². The molecule has 0 saturated carbocycles. The first-order valence-electron chi connectivity index (χ1n) is 7.26. The van der Waals surface area contributed by atoms with Crippen molar-refractivity contribution in [3.63, 3.8) is 0 Å². The first-order chi connectivity index (χ1) is 10.4. The van der Waals surface area contributed by atoms with Crippen molar-refractivity contribution in [1.82, 2.24) is 5.32 Å². The van der Waals surface area contributed by atoms with E-state index in [0.29, 0.717) is 0 Å². The highest BCUT2D eigenvalue weighted by Crippen LogP contribution is 2.34. The maximum atomic E-state index is 5.61. The van der Waals surface area contributed by atoms with Gasteiger partial charge in [-0.3, -0.25) is 0 Å². The number of ether oxygens (including phenoxy) is 1. The topological polar surface area (TPSA) is 21.3 Å². The molecule has 1 aliphatic heterocycles. The van der Waals surface area contributed by atoms with Gasteiger partial charge in [-0.05, 0) is 46.6 Å². The summed E-state index contributed by atoms with van der Waals surface area (Å²) in [7, 11) is 2.03. The molecule has 1 aliphatic rings. The Balaban J connectivity index is 1.83. The molecular formula is C18H17NOS. The van der Waals surface area contributed by atoms with E-state index in [1.54, 1.807) is 0 Å². The smallest absolute Gasteiger partial charge is 0.122 e. The van der Waals surface area contributed by atoms with Gasteiger partial charge < -0.3 is 10.1 Å². The van der Waals surface area contributed by atoms with E-state index in [0.717, 1.165) is 18.8 Å². The van der Waals surface area contributed by atoms with Gasteiger partial charge in [0.1, 0.15) is 5.75 Å². The van der Waals surface area contributed by atoms with Crippen LogP contribution in [0.1, 0.15) is 22.7 Å². The standard InChI is InChI=1S/C18H17NOS/c1-19-17(14-5-6-16-13(11-14)7-9-20-16)15-4-2-3-12-8-10-21-18(12)15/h2-6,8,10-11,17,19H,7,9H2,1H3. The number of hydrogen-bond donors (Lipinski definition) is 1. The molecule has 1 atom stereocenters. The van der Waals surface area contributed by atoms with Gasteiger partial charge in [0.2, 0.25) is 0 Å². The summed E-state index contributed by atoms with van der Waals surface area (Å²) in [5.41, 5.74) is 3.98. The number of benzene rings is 2. The molecule has 0 spiro atoms. The normalized spacial score (nSPS) is 14.9. The summed E-state index contributed by atoms with van der Waals surface area (Å²) in [6.45, 7) is 0.809. The average Bonchev–Trinajstić information content (AvgIpc) is 3.16. The molecule has 1 aromatic heterocycles. The zero-order valence-corrected chi connectivity index (χ0v) is 12.7. The Morgan fingerprint density at radius 2 is 2.14 bits per heavy atom. The summed E-state index contributed by atoms with van der Waals surface area (Å²) in [5, 5.41) is 6.96. The van der Waals surface area contributed by atoms with Crippen LogP contribution in [-0.2, 0) is 6.42 Å². The fraction of sp³-hybridized carbons (Fsp3) is 0.222. The first kappa shape index (κ1) is 12.9. The minimum absolute atomic E-state index is 0.221. The molecule has 106 valence electrons. The third-order valence-electron chi connectivity index (χ3n) is 4.16. The molecule has 2 heterocycles. The lowest BCUT2D eigenvalue weighted by molar-refractivity contribution is 0.357. The van der Waals surface area contributed by atoms with Crippen LogP contribution in [0.5, 0.6) is 5.75 Å². The van der Waals surface area contributed by atoms with Crippen molar-refractivity contribution in [2.45, 2.75) is 12.5 Å². The van der Waals surface area contributed by atoms with E-state index in [1.807, 2.05) is 18.4 Å². The third kappa shape index (κ3) is 2.13. The van der Waals surface area contributed by atoms with E-state index in [1.165, 1.54) is 26.8 Å². The number of fused-ring (bicyclic) bond motifs is 2. The molecular weight excluding hydrogens is 278 g/mol. The molecule has 0 amide bonds. The van der Waals surface area contributed by atoms with Crippen LogP contribution in [0.15, 0.2) is 47.8 Å². The average molecular weight is 295 g/mol. The molecule has 0 aliphatic carbocycles. The molecule has 3 heteroatoms. The molecule has 1 N–H and O–H groups in total. The Morgan fingerprint density at radius 1 is 1.19 bits per heavy atom. The molecule has 0 bridgehead atoms. The van der Waals surface area contributed by atoms with Crippen molar-refractivity contribution < 1.29 is 4.74 Å². The molecule has 0 radical (unpaired) electrons. The van der Waals surface area contributed by atoms with Gasteiger partial charge in [-0.2, -0.15) is 0 Å². The molecule has 21 heavy (non-hydrogen) atoms. The lowest BCUT2D eigenvalue weighted by Crippen LogP contribution is -2.17. The van der Waals surface area contributed by atoms with Crippen LogP contribution in [0, 0.1) is 0 Å². The summed E-state index contributed by atoms with van der Waals surface area (Å²) < 4.78 is 6.98. The predicted molar refractivity (Wildman–Crippen MR) is 88.4 cm³/mol. The quantitative estimate of drug-likeness (QED) is 0.784. The molecule has 0 fully saturated rings. The van der Waals surface area contributed by atoms with E-state index in [2.05, 4.69) is 53.2 Å². The van der Waals surface area contributed by atoms with Gasteiger partial charge in [0.05, 0.1) is 12.6 Å². The van der Waals surface area contributed by atoms with Crippen LogP contribution in [-0.4, -0.2) is 13.7 Å². The highest BCUT2D eigenvalue weighted by atomic mass is 32.1. The summed E-state index contributed by atoms with van der Waals surface area (Å²) in [4.78, 5) is 0. The maximum absolute atomic E-state index is 5.61. The Hall–Kier alpha value is -1.84. The summed E-state index contributed by atoms with van der Waals surface area (Å²) >= 11 is 1.81. The Kier molecular flexibility index (Phi) is 3.17. The maximum Gasteiger partial charge on any atom is 0.122 e. The summed E-state index contributed by atoms with van der Waals surface area (Å²) in [6.07, 6.45) is 1.02. The zero-order chi connectivity index (χ0) is 14.2. The van der Waals surface area contributed by atoms with Gasteiger partial charge >= 0.3 is 0 Å². The fourth-order valence-electron chi connectivity index (χ4n) is 3.13. The first-order valence-corrected chi connectivity index (χ1v) is 8.14. The van der Waals surface area contributed by atoms with E-state index in [9.17, 15) is 0 Å². The largest absolute Gasteiger partial charge is 0.493 e. The number of thiophene rings is 1. The molecule has 2 nitrogen and oxygen atoms in total. The second kappa shape index (κ2) is 5.17. The van der Waals surface area contributed by atoms with Crippen molar-refractivity contribution in [3.8, 4) is 5.75 Å². The lowest BCUT2D eigenvalue weighted by atomic mass is 9.96. The third-order valence-corrected chi connectivity index (χ3v) is 5.14. The van der Waals surface area contributed by atoms with Gasteiger partial charge in [0.25, 0.3) is 0 Å². The van der Waals surface area contributed by atoms with E-state index < -0.39 is 0 Å². The van der Waals surface area contributed by atoms with E-state index >= 15 is 0 Å². The van der Waals surface area contributed by atoms with Crippen molar-refractivity contribution in [2.24, 2.45) is 0 Å². The molecule has 2 aromatic carbocycles. The predicted octanol–water partition coefficient (Wildman–Crippen LogP) is 4.15. The lowest BCUT2D eigenvalue weighted by Gasteiger charge is -2.19. The minimum atomic E-state index is 0.221. The SMILES string of the molecule is CNC(c1ccc2c(c1)CCO2)c1cccc2ccsc12. The summed E-state index contributed by atoms with van der Waals surface area (Å²) in [5.74, 6) is 1.04. The minimum Gasteiger partial charge on any atom is -0.493 e. The van der Waals surface area contributed by atoms with E-state index in [4.69, 9.17) is 4.74 Å². The Bertz CT molecular complexity index is 793. The van der Waals surface area contributed by atoms with Gasteiger partial charge in [-0.25, -0.2) is 0 Å². The van der Waals surface area contributed by atoms with Crippen molar-refractivity contribution in [3.05, 3.63) is 64.5 Å². The van der Waals surface area contributed by atoms with Crippen LogP contribution < -0.4 is 10.1 Å². The monoisotopic (exact) mass is 295 g/mol. The number of nitrogens with one attached hydrogen (secondary N) is 1. The number of rotatable bonds is 3. The molecule has 4 rings (SSSR count). The van der Waals surface area contributed by atoms with Crippen LogP contribution in [0.3, 0.4) is 0 Å². The number of hydrogen-bond acceptors (Lipinski definition) is 3. The zero-order valence-electron chi connectivity index (χ0n) is 11.9. The van der Waals surface area contributed by atoms with Crippen molar-refractivity contribution >= 4 is 21.4 Å². The van der Waals surface area contributed by atoms with Crippen molar-refractivity contribution in [2.75, 3.05) is 13.7 Å². The van der Waals surface area contributed by atoms with Crippen molar-refractivity contribution in [1.29, 1.82) is 0 Å². The highest BCUT2D eigenvalue weighted by Gasteiger charge is 2.19. The van der Waals surface area contributed by atoms with Gasteiger partial charge in [0, 0.05) is 11.1 Å². The molecule has 3 aromatic rings. The van der Waals surface area contributed by atoms with Gasteiger partial charge in [-0.15, -0.1) is 11.3 Å². The van der Waals surface area contributed by atoms with Crippen LogP contribution >= 0.6 is 11.3 Å². The van der Waals surface area contributed by atoms with Gasteiger partial charge in [0.15, 0.2) is 0 Å². The van der Waals surface area contributed by atoms with Crippen LogP contribution in [0.2, 0.25) is 0 Å². The Labute approximate surface area is 128 Å².